The minimum absolute atomic E-state index is 0.0435. The molecule has 0 bridgehead atoms. The maximum Gasteiger partial charge on any atom is 0.258 e. The van der Waals surface area contributed by atoms with Gasteiger partial charge in [0.25, 0.3) is 5.56 Å². The molecule has 5 heteroatoms. The number of nitrogens with zero attached hydrogens (tertiary/aromatic N) is 2. The lowest BCUT2D eigenvalue weighted by atomic mass is 10.1. The van der Waals surface area contributed by atoms with Gasteiger partial charge in [0.15, 0.2) is 0 Å². The van der Waals surface area contributed by atoms with Gasteiger partial charge in [0.2, 0.25) is 0 Å². The molecule has 0 radical (unpaired) electrons. The summed E-state index contributed by atoms with van der Waals surface area (Å²) < 4.78 is 0. The van der Waals surface area contributed by atoms with Crippen molar-refractivity contribution in [1.82, 2.24) is 20.2 Å². The zero-order valence-corrected chi connectivity index (χ0v) is 11.9. The van der Waals surface area contributed by atoms with Gasteiger partial charge in [0.05, 0.1) is 17.4 Å². The Hall–Kier alpha value is -1.72. The molecule has 106 valence electrons. The molecule has 2 heterocycles. The molecule has 1 atom stereocenters. The van der Waals surface area contributed by atoms with E-state index in [4.69, 9.17) is 0 Å². The second kappa shape index (κ2) is 5.34. The van der Waals surface area contributed by atoms with E-state index in [1.807, 2.05) is 32.2 Å². The van der Waals surface area contributed by atoms with Gasteiger partial charge in [-0.25, -0.2) is 4.98 Å². The maximum atomic E-state index is 12.1. The van der Waals surface area contributed by atoms with Crippen molar-refractivity contribution in [2.45, 2.75) is 25.9 Å². The highest BCUT2D eigenvalue weighted by Gasteiger charge is 2.21. The molecule has 1 saturated heterocycles. The third-order valence-corrected chi connectivity index (χ3v) is 4.04. The number of aromatic nitrogens is 2. The first kappa shape index (κ1) is 13.3. The van der Waals surface area contributed by atoms with Gasteiger partial charge < -0.3 is 10.3 Å². The second-order valence-electron chi connectivity index (χ2n) is 5.49. The number of likely N-dealkylation sites (tertiary alicyclic amines) is 1. The molecule has 0 saturated carbocycles. The van der Waals surface area contributed by atoms with E-state index in [1.165, 1.54) is 0 Å². The summed E-state index contributed by atoms with van der Waals surface area (Å²) in [5.74, 6) is 0.758. The van der Waals surface area contributed by atoms with Crippen molar-refractivity contribution in [2.75, 3.05) is 20.1 Å². The van der Waals surface area contributed by atoms with Crippen LogP contribution in [0, 0.1) is 6.92 Å². The highest BCUT2D eigenvalue weighted by molar-refractivity contribution is 5.80. The zero-order chi connectivity index (χ0) is 14.1. The summed E-state index contributed by atoms with van der Waals surface area (Å²) in [6.07, 6.45) is 1.15. The van der Waals surface area contributed by atoms with Crippen molar-refractivity contribution in [1.29, 1.82) is 0 Å². The van der Waals surface area contributed by atoms with Crippen LogP contribution in [0.25, 0.3) is 10.9 Å². The lowest BCUT2D eigenvalue weighted by Crippen LogP contribution is -2.30. The van der Waals surface area contributed by atoms with Crippen molar-refractivity contribution in [3.8, 4) is 0 Å². The number of hydrogen-bond acceptors (Lipinski definition) is 4. The average molecular weight is 272 g/mol. The zero-order valence-electron chi connectivity index (χ0n) is 11.9. The van der Waals surface area contributed by atoms with Crippen molar-refractivity contribution in [3.05, 3.63) is 39.9 Å². The monoisotopic (exact) mass is 272 g/mol. The number of rotatable bonds is 3. The molecular formula is C15H20N4O. The van der Waals surface area contributed by atoms with Crippen LogP contribution in [-0.2, 0) is 6.54 Å². The number of nitrogens with one attached hydrogen (secondary N) is 2. The number of para-hydroxylation sites is 1. The van der Waals surface area contributed by atoms with E-state index in [1.54, 1.807) is 0 Å². The van der Waals surface area contributed by atoms with Crippen LogP contribution in [0.3, 0.4) is 0 Å². The van der Waals surface area contributed by atoms with Gasteiger partial charge in [-0.15, -0.1) is 0 Å². The van der Waals surface area contributed by atoms with Crippen LogP contribution in [0.4, 0.5) is 0 Å². The summed E-state index contributed by atoms with van der Waals surface area (Å²) >= 11 is 0. The molecule has 2 aromatic rings. The van der Waals surface area contributed by atoms with Crippen molar-refractivity contribution in [2.24, 2.45) is 0 Å². The van der Waals surface area contributed by atoms with Crippen molar-refractivity contribution in [3.63, 3.8) is 0 Å². The molecule has 1 aliphatic heterocycles. The van der Waals surface area contributed by atoms with Crippen LogP contribution in [0.15, 0.2) is 23.0 Å². The third-order valence-electron chi connectivity index (χ3n) is 4.04. The molecule has 0 amide bonds. The first-order chi connectivity index (χ1) is 9.67. The van der Waals surface area contributed by atoms with Crippen LogP contribution >= 0.6 is 0 Å². The van der Waals surface area contributed by atoms with E-state index in [9.17, 15) is 4.79 Å². The minimum atomic E-state index is -0.0435. The summed E-state index contributed by atoms with van der Waals surface area (Å²) in [6.45, 7) is 4.75. The standard InChI is InChI=1S/C15H20N4O/c1-10-4-3-5-12-14(10)17-13(18-15(12)20)9-19-7-6-11(8-19)16-2/h3-5,11,16H,6-9H2,1-2H3,(H,17,18,20). The van der Waals surface area contributed by atoms with Gasteiger partial charge in [0.1, 0.15) is 5.82 Å². The number of aromatic amines is 1. The van der Waals surface area contributed by atoms with E-state index in [2.05, 4.69) is 20.2 Å². The highest BCUT2D eigenvalue weighted by atomic mass is 16.1. The van der Waals surface area contributed by atoms with Gasteiger partial charge in [-0.2, -0.15) is 0 Å². The van der Waals surface area contributed by atoms with Crippen LogP contribution in [0.1, 0.15) is 17.8 Å². The molecule has 1 aromatic carbocycles. The normalized spacial score (nSPS) is 19.8. The number of hydrogen-bond donors (Lipinski definition) is 2. The molecule has 1 unspecified atom stereocenters. The summed E-state index contributed by atoms with van der Waals surface area (Å²) in [6, 6.07) is 6.26. The minimum Gasteiger partial charge on any atom is -0.316 e. The molecule has 1 fully saturated rings. The second-order valence-corrected chi connectivity index (χ2v) is 5.49. The van der Waals surface area contributed by atoms with Gasteiger partial charge in [-0.05, 0) is 32.0 Å². The summed E-state index contributed by atoms with van der Waals surface area (Å²) in [4.78, 5) is 22.0. The molecule has 2 N–H and O–H groups in total. The van der Waals surface area contributed by atoms with Crippen LogP contribution in [0.5, 0.6) is 0 Å². The van der Waals surface area contributed by atoms with Gasteiger partial charge >= 0.3 is 0 Å². The largest absolute Gasteiger partial charge is 0.316 e. The number of benzene rings is 1. The number of H-pyrrole nitrogens is 1. The van der Waals surface area contributed by atoms with E-state index >= 15 is 0 Å². The van der Waals surface area contributed by atoms with E-state index in [0.29, 0.717) is 18.0 Å². The summed E-state index contributed by atoms with van der Waals surface area (Å²) in [5, 5.41) is 3.97. The Balaban J connectivity index is 1.89. The highest BCUT2D eigenvalue weighted by Crippen LogP contribution is 2.14. The molecule has 3 rings (SSSR count). The first-order valence-corrected chi connectivity index (χ1v) is 7.05. The van der Waals surface area contributed by atoms with Gasteiger partial charge in [0, 0.05) is 19.1 Å². The third kappa shape index (κ3) is 2.46. The predicted molar refractivity (Wildman–Crippen MR) is 79.8 cm³/mol. The average Bonchev–Trinajstić information content (AvgIpc) is 2.88. The molecule has 1 aromatic heterocycles. The van der Waals surface area contributed by atoms with E-state index in [-0.39, 0.29) is 5.56 Å². The van der Waals surface area contributed by atoms with E-state index in [0.717, 1.165) is 36.4 Å². The maximum absolute atomic E-state index is 12.1. The van der Waals surface area contributed by atoms with E-state index < -0.39 is 0 Å². The Kier molecular flexibility index (Phi) is 3.54. The molecule has 20 heavy (non-hydrogen) atoms. The quantitative estimate of drug-likeness (QED) is 0.876. The van der Waals surface area contributed by atoms with Crippen molar-refractivity contribution >= 4 is 10.9 Å². The first-order valence-electron chi connectivity index (χ1n) is 7.05. The van der Waals surface area contributed by atoms with Crippen molar-refractivity contribution < 1.29 is 0 Å². The lowest BCUT2D eigenvalue weighted by Gasteiger charge is -2.15. The fraction of sp³-hybridized carbons (Fsp3) is 0.467. The Morgan fingerprint density at radius 2 is 2.35 bits per heavy atom. The van der Waals surface area contributed by atoms with Crippen LogP contribution < -0.4 is 10.9 Å². The van der Waals surface area contributed by atoms with Crippen LogP contribution in [-0.4, -0.2) is 41.0 Å². The Labute approximate surface area is 118 Å². The topological polar surface area (TPSA) is 61.0 Å². The van der Waals surface area contributed by atoms with Crippen LogP contribution in [0.2, 0.25) is 0 Å². The molecule has 1 aliphatic rings. The summed E-state index contributed by atoms with van der Waals surface area (Å²) in [5.41, 5.74) is 1.82. The van der Waals surface area contributed by atoms with Gasteiger partial charge in [-0.3, -0.25) is 9.69 Å². The molecule has 0 spiro atoms. The number of likely N-dealkylation sites (N-methyl/N-ethyl adjacent to an activating group) is 1. The SMILES string of the molecule is CNC1CCN(Cc2nc3c(C)cccc3c(=O)[nH]2)C1. The summed E-state index contributed by atoms with van der Waals surface area (Å²) in [7, 11) is 1.99. The fourth-order valence-electron chi connectivity index (χ4n) is 2.85. The Morgan fingerprint density at radius 3 is 3.10 bits per heavy atom. The predicted octanol–water partition coefficient (Wildman–Crippen LogP) is 1.03. The number of aryl methyl sites for hydroxylation is 1. The molecule has 0 aliphatic carbocycles. The smallest absolute Gasteiger partial charge is 0.258 e. The van der Waals surface area contributed by atoms with Gasteiger partial charge in [-0.1, -0.05) is 12.1 Å². The Bertz CT molecular complexity index is 679. The molecule has 5 nitrogen and oxygen atoms in total. The number of fused-ring (bicyclic) bond motifs is 1. The fourth-order valence-corrected chi connectivity index (χ4v) is 2.85. The lowest BCUT2D eigenvalue weighted by molar-refractivity contribution is 0.314. The Morgan fingerprint density at radius 1 is 1.50 bits per heavy atom. The molecular weight excluding hydrogens is 252 g/mol.